The first-order valence-corrected chi connectivity index (χ1v) is 8.83. The molecule has 8 heteroatoms. The van der Waals surface area contributed by atoms with Crippen LogP contribution in [0.1, 0.15) is 43.5 Å². The number of hydrogen-bond acceptors (Lipinski definition) is 3. The summed E-state index contributed by atoms with van der Waals surface area (Å²) in [5.41, 5.74) is 2.55. The normalized spacial score (nSPS) is 16.9. The Hall–Kier alpha value is -2.64. The van der Waals surface area contributed by atoms with Gasteiger partial charge in [-0.2, -0.15) is 8.78 Å². The average Bonchev–Trinajstić information content (AvgIpc) is 2.58. The number of allylic oxidation sites excluding steroid dienone is 1. The molecule has 0 aromatic heterocycles. The first-order valence-electron chi connectivity index (χ1n) is 8.83. The lowest BCUT2D eigenvalue weighted by atomic mass is 9.91. The first-order chi connectivity index (χ1) is 12.7. The Morgan fingerprint density at radius 3 is 2.22 bits per heavy atom. The van der Waals surface area contributed by atoms with Crippen molar-refractivity contribution in [1.82, 2.24) is 15.5 Å². The molecule has 1 aromatic carbocycles. The largest absolute Gasteiger partial charge is 0.434 e. The lowest BCUT2D eigenvalue weighted by molar-refractivity contribution is -0.127. The quantitative estimate of drug-likeness (QED) is 0.793. The van der Waals surface area contributed by atoms with Crippen molar-refractivity contribution in [2.24, 2.45) is 0 Å². The Balaban J connectivity index is 2.52. The van der Waals surface area contributed by atoms with Crippen molar-refractivity contribution in [3.8, 4) is 5.75 Å². The zero-order chi connectivity index (χ0) is 20.3. The SMILES string of the molecule is CCN(CC)C(=O)C1=C(C)NC(=O)N[C@@H]1c1cc(C)c(OC(F)F)c(C)c1. The number of carbonyl (C=O) groups excluding carboxylic acids is 2. The van der Waals surface area contributed by atoms with Crippen LogP contribution in [0.5, 0.6) is 5.75 Å². The summed E-state index contributed by atoms with van der Waals surface area (Å²) in [6.45, 7) is 6.89. The van der Waals surface area contributed by atoms with E-state index in [9.17, 15) is 18.4 Å². The number of ether oxygens (including phenoxy) is 1. The number of urea groups is 1. The fourth-order valence-corrected chi connectivity index (χ4v) is 3.33. The van der Waals surface area contributed by atoms with E-state index in [2.05, 4.69) is 15.4 Å². The highest BCUT2D eigenvalue weighted by molar-refractivity contribution is 5.98. The van der Waals surface area contributed by atoms with Crippen molar-refractivity contribution in [2.45, 2.75) is 47.3 Å². The molecule has 0 saturated carbocycles. The molecule has 1 atom stereocenters. The molecule has 0 spiro atoms. The molecule has 0 fully saturated rings. The number of nitrogens with one attached hydrogen (secondary N) is 2. The van der Waals surface area contributed by atoms with Gasteiger partial charge in [-0.3, -0.25) is 4.79 Å². The van der Waals surface area contributed by atoms with Crippen LogP contribution in [-0.2, 0) is 4.79 Å². The first kappa shape index (κ1) is 20.7. The molecule has 1 aliphatic rings. The highest BCUT2D eigenvalue weighted by atomic mass is 19.3. The molecule has 148 valence electrons. The molecule has 0 bridgehead atoms. The van der Waals surface area contributed by atoms with Gasteiger partial charge in [-0.05, 0) is 63.4 Å². The average molecular weight is 381 g/mol. The lowest BCUT2D eigenvalue weighted by Gasteiger charge is -2.32. The second-order valence-corrected chi connectivity index (χ2v) is 6.41. The van der Waals surface area contributed by atoms with Gasteiger partial charge < -0.3 is 20.3 Å². The number of aryl methyl sites for hydroxylation is 2. The highest BCUT2D eigenvalue weighted by Gasteiger charge is 2.33. The van der Waals surface area contributed by atoms with Gasteiger partial charge >= 0.3 is 12.6 Å². The minimum absolute atomic E-state index is 0.103. The summed E-state index contributed by atoms with van der Waals surface area (Å²) < 4.78 is 29.8. The molecule has 1 aromatic rings. The van der Waals surface area contributed by atoms with Gasteiger partial charge in [0.1, 0.15) is 5.75 Å². The highest BCUT2D eigenvalue weighted by Crippen LogP contribution is 2.33. The molecule has 2 rings (SSSR count). The summed E-state index contributed by atoms with van der Waals surface area (Å²) in [6.07, 6.45) is 0. The number of halogens is 2. The van der Waals surface area contributed by atoms with Gasteiger partial charge in [0.2, 0.25) is 0 Å². The molecule has 3 amide bonds. The summed E-state index contributed by atoms with van der Waals surface area (Å²) in [5, 5.41) is 5.41. The van der Waals surface area contributed by atoms with Crippen LogP contribution < -0.4 is 15.4 Å². The summed E-state index contributed by atoms with van der Waals surface area (Å²) in [4.78, 5) is 26.7. The maximum Gasteiger partial charge on any atom is 0.387 e. The number of hydrogen-bond donors (Lipinski definition) is 2. The second-order valence-electron chi connectivity index (χ2n) is 6.41. The van der Waals surface area contributed by atoms with Gasteiger partial charge in [-0.25, -0.2) is 4.79 Å². The molecule has 0 aliphatic carbocycles. The van der Waals surface area contributed by atoms with E-state index in [4.69, 9.17) is 0 Å². The number of rotatable bonds is 6. The Morgan fingerprint density at radius 1 is 1.19 bits per heavy atom. The van der Waals surface area contributed by atoms with Crippen molar-refractivity contribution in [1.29, 1.82) is 0 Å². The molecule has 2 N–H and O–H groups in total. The van der Waals surface area contributed by atoms with Crippen LogP contribution in [0.4, 0.5) is 13.6 Å². The topological polar surface area (TPSA) is 70.7 Å². The third kappa shape index (κ3) is 4.37. The van der Waals surface area contributed by atoms with E-state index in [1.54, 1.807) is 37.8 Å². The van der Waals surface area contributed by atoms with E-state index in [0.717, 1.165) is 0 Å². The summed E-state index contributed by atoms with van der Waals surface area (Å²) in [6, 6.07) is 2.22. The predicted molar refractivity (Wildman–Crippen MR) is 97.6 cm³/mol. The van der Waals surface area contributed by atoms with E-state index in [1.807, 2.05) is 13.8 Å². The summed E-state index contributed by atoms with van der Waals surface area (Å²) in [5.74, 6) is -0.0791. The molecule has 1 heterocycles. The molecular formula is C19H25F2N3O3. The van der Waals surface area contributed by atoms with Gasteiger partial charge in [-0.15, -0.1) is 0 Å². The van der Waals surface area contributed by atoms with Crippen LogP contribution in [0.3, 0.4) is 0 Å². The van der Waals surface area contributed by atoms with Crippen LogP contribution in [-0.4, -0.2) is 36.5 Å². The predicted octanol–water partition coefficient (Wildman–Crippen LogP) is 3.40. The third-order valence-corrected chi connectivity index (χ3v) is 4.57. The molecule has 1 aliphatic heterocycles. The number of nitrogens with zero attached hydrogens (tertiary/aromatic N) is 1. The molecule has 27 heavy (non-hydrogen) atoms. The van der Waals surface area contributed by atoms with Gasteiger partial charge in [0, 0.05) is 18.8 Å². The van der Waals surface area contributed by atoms with Crippen molar-refractivity contribution < 1.29 is 23.1 Å². The zero-order valence-corrected chi connectivity index (χ0v) is 16.2. The molecular weight excluding hydrogens is 356 g/mol. The van der Waals surface area contributed by atoms with Gasteiger partial charge in [0.05, 0.1) is 11.6 Å². The van der Waals surface area contributed by atoms with E-state index in [1.165, 1.54) is 0 Å². The van der Waals surface area contributed by atoms with E-state index in [0.29, 0.717) is 41.1 Å². The zero-order valence-electron chi connectivity index (χ0n) is 16.2. The van der Waals surface area contributed by atoms with Crippen LogP contribution in [0.25, 0.3) is 0 Å². The molecule has 6 nitrogen and oxygen atoms in total. The maximum atomic E-state index is 13.0. The summed E-state index contributed by atoms with van der Waals surface area (Å²) >= 11 is 0. The Bertz CT molecular complexity index is 750. The number of benzene rings is 1. The van der Waals surface area contributed by atoms with Crippen molar-refractivity contribution in [3.63, 3.8) is 0 Å². The number of likely N-dealkylation sites (N-methyl/N-ethyl adjacent to an activating group) is 1. The van der Waals surface area contributed by atoms with E-state index < -0.39 is 18.7 Å². The number of amides is 3. The molecule has 0 radical (unpaired) electrons. The van der Waals surface area contributed by atoms with Crippen LogP contribution in [0.2, 0.25) is 0 Å². The second kappa shape index (κ2) is 8.37. The Morgan fingerprint density at radius 2 is 1.74 bits per heavy atom. The van der Waals surface area contributed by atoms with Crippen LogP contribution in [0.15, 0.2) is 23.4 Å². The van der Waals surface area contributed by atoms with Crippen molar-refractivity contribution >= 4 is 11.9 Å². The number of alkyl halides is 2. The van der Waals surface area contributed by atoms with E-state index >= 15 is 0 Å². The molecule has 0 saturated heterocycles. The monoisotopic (exact) mass is 381 g/mol. The van der Waals surface area contributed by atoms with Gasteiger partial charge in [0.15, 0.2) is 0 Å². The standard InChI is InChI=1S/C19H25F2N3O3/c1-6-24(7-2)17(25)14-12(5)22-19(26)23-15(14)13-8-10(3)16(11(4)9-13)27-18(20)21/h8-9,15,18H,6-7H2,1-5H3,(H2,22,23,26)/t15-/m1/s1. The third-order valence-electron chi connectivity index (χ3n) is 4.57. The minimum Gasteiger partial charge on any atom is -0.434 e. The number of carbonyl (C=O) groups is 2. The van der Waals surface area contributed by atoms with Gasteiger partial charge in [-0.1, -0.05) is 0 Å². The van der Waals surface area contributed by atoms with Crippen LogP contribution >= 0.6 is 0 Å². The fraction of sp³-hybridized carbons (Fsp3) is 0.474. The minimum atomic E-state index is -2.92. The smallest absolute Gasteiger partial charge is 0.387 e. The van der Waals surface area contributed by atoms with Gasteiger partial charge in [0.25, 0.3) is 5.91 Å². The van der Waals surface area contributed by atoms with E-state index in [-0.39, 0.29) is 11.7 Å². The van der Waals surface area contributed by atoms with Crippen molar-refractivity contribution in [3.05, 3.63) is 40.1 Å². The fourth-order valence-electron chi connectivity index (χ4n) is 3.33. The Labute approximate surface area is 157 Å². The molecule has 0 unspecified atom stereocenters. The van der Waals surface area contributed by atoms with Crippen molar-refractivity contribution in [2.75, 3.05) is 13.1 Å². The van der Waals surface area contributed by atoms with Crippen LogP contribution in [0, 0.1) is 13.8 Å². The lowest BCUT2D eigenvalue weighted by Crippen LogP contribution is -2.47. The Kier molecular flexibility index (Phi) is 6.41. The maximum absolute atomic E-state index is 13.0. The summed E-state index contributed by atoms with van der Waals surface area (Å²) in [7, 11) is 0.